The maximum absolute atomic E-state index is 5.89. The van der Waals surface area contributed by atoms with E-state index < -0.39 is 0 Å². The number of hydrogen-bond donors (Lipinski definition) is 1. The van der Waals surface area contributed by atoms with Gasteiger partial charge in [0.2, 0.25) is 0 Å². The lowest BCUT2D eigenvalue weighted by molar-refractivity contribution is 0.658. The van der Waals surface area contributed by atoms with Crippen LogP contribution in [-0.2, 0) is 6.42 Å². The molecule has 0 bridgehead atoms. The van der Waals surface area contributed by atoms with Crippen LogP contribution in [0.5, 0.6) is 0 Å². The topological polar surface area (TPSA) is 26.0 Å². The van der Waals surface area contributed by atoms with Gasteiger partial charge in [0.1, 0.15) is 0 Å². The second-order valence-corrected chi connectivity index (χ2v) is 5.46. The molecule has 0 fully saturated rings. The highest BCUT2D eigenvalue weighted by Crippen LogP contribution is 2.41. The van der Waals surface area contributed by atoms with Crippen LogP contribution < -0.4 is 5.73 Å². The van der Waals surface area contributed by atoms with Crippen LogP contribution in [0.4, 0.5) is 5.69 Å². The van der Waals surface area contributed by atoms with Crippen LogP contribution in [0.3, 0.4) is 0 Å². The number of allylic oxidation sites excluding steroid dienone is 4. The molecule has 1 nitrogen and oxygen atoms in total. The highest BCUT2D eigenvalue weighted by molar-refractivity contribution is 5.54. The number of hydrogen-bond acceptors (Lipinski definition) is 1. The standard InChI is InChI=1S/C16H19N/c1-10-3-5-15-11(2)16-6-4-14(17)9-13(16)8-12(15)7-10/h3-6,9-11H,7-8,17H2,1-2H3. The minimum Gasteiger partial charge on any atom is -0.399 e. The fraction of sp³-hybridized carbons (Fsp3) is 0.375. The third-order valence-corrected chi connectivity index (χ3v) is 4.08. The Morgan fingerprint density at radius 1 is 1.24 bits per heavy atom. The van der Waals surface area contributed by atoms with Gasteiger partial charge in [-0.3, -0.25) is 0 Å². The first kappa shape index (κ1) is 10.6. The van der Waals surface area contributed by atoms with E-state index in [1.165, 1.54) is 17.5 Å². The quantitative estimate of drug-likeness (QED) is 0.667. The van der Waals surface area contributed by atoms with E-state index in [0.29, 0.717) is 11.8 Å². The van der Waals surface area contributed by atoms with Crippen molar-refractivity contribution >= 4 is 5.69 Å². The van der Waals surface area contributed by atoms with Crippen molar-refractivity contribution in [1.82, 2.24) is 0 Å². The summed E-state index contributed by atoms with van der Waals surface area (Å²) in [6.45, 7) is 4.60. The van der Waals surface area contributed by atoms with Gasteiger partial charge in [0.05, 0.1) is 0 Å². The summed E-state index contributed by atoms with van der Waals surface area (Å²) in [4.78, 5) is 0. The molecular weight excluding hydrogens is 206 g/mol. The van der Waals surface area contributed by atoms with Gasteiger partial charge in [-0.1, -0.05) is 37.6 Å². The van der Waals surface area contributed by atoms with Crippen LogP contribution in [0.2, 0.25) is 0 Å². The van der Waals surface area contributed by atoms with Gasteiger partial charge in [-0.05, 0) is 47.6 Å². The predicted octanol–water partition coefficient (Wildman–Crippen LogP) is 3.82. The van der Waals surface area contributed by atoms with Crippen molar-refractivity contribution in [1.29, 1.82) is 0 Å². The van der Waals surface area contributed by atoms with Crippen LogP contribution >= 0.6 is 0 Å². The molecule has 0 aliphatic heterocycles. The first-order valence-electron chi connectivity index (χ1n) is 6.43. The Balaban J connectivity index is 2.07. The highest BCUT2D eigenvalue weighted by atomic mass is 14.5. The van der Waals surface area contributed by atoms with Crippen molar-refractivity contribution in [2.24, 2.45) is 5.92 Å². The number of benzene rings is 1. The molecule has 0 spiro atoms. The molecular formula is C16H19N. The zero-order valence-corrected chi connectivity index (χ0v) is 10.5. The number of rotatable bonds is 0. The summed E-state index contributed by atoms with van der Waals surface area (Å²) in [5.74, 6) is 1.21. The number of nitrogens with two attached hydrogens (primary N) is 1. The molecule has 17 heavy (non-hydrogen) atoms. The van der Waals surface area contributed by atoms with Gasteiger partial charge in [-0.25, -0.2) is 0 Å². The van der Waals surface area contributed by atoms with Gasteiger partial charge < -0.3 is 5.73 Å². The van der Waals surface area contributed by atoms with Gasteiger partial charge in [-0.15, -0.1) is 0 Å². The van der Waals surface area contributed by atoms with Crippen LogP contribution in [0.15, 0.2) is 41.5 Å². The molecule has 2 atom stereocenters. The van der Waals surface area contributed by atoms with Crippen LogP contribution in [0, 0.1) is 5.92 Å². The average Bonchev–Trinajstić information content (AvgIpc) is 2.28. The third kappa shape index (κ3) is 1.70. The number of fused-ring (bicyclic) bond motifs is 1. The summed E-state index contributed by atoms with van der Waals surface area (Å²) in [6.07, 6.45) is 6.99. The van der Waals surface area contributed by atoms with E-state index in [0.717, 1.165) is 12.1 Å². The summed E-state index contributed by atoms with van der Waals surface area (Å²) in [6, 6.07) is 6.37. The summed E-state index contributed by atoms with van der Waals surface area (Å²) in [7, 11) is 0. The summed E-state index contributed by atoms with van der Waals surface area (Å²) < 4.78 is 0. The fourth-order valence-electron chi connectivity index (χ4n) is 3.18. The molecule has 88 valence electrons. The monoisotopic (exact) mass is 225 g/mol. The van der Waals surface area contributed by atoms with Gasteiger partial charge in [0, 0.05) is 11.6 Å². The maximum Gasteiger partial charge on any atom is 0.0317 e. The molecule has 2 N–H and O–H groups in total. The second-order valence-electron chi connectivity index (χ2n) is 5.46. The molecule has 0 heterocycles. The molecule has 1 heteroatoms. The molecule has 2 aliphatic carbocycles. The van der Waals surface area contributed by atoms with Gasteiger partial charge in [0.25, 0.3) is 0 Å². The Bertz CT molecular complexity index is 522. The average molecular weight is 225 g/mol. The van der Waals surface area contributed by atoms with E-state index in [-0.39, 0.29) is 0 Å². The SMILES string of the molecule is CC1C=CC2=C(Cc3cc(N)ccc3C2C)C1. The Labute approximate surface area is 103 Å². The molecule has 0 saturated carbocycles. The Morgan fingerprint density at radius 3 is 2.88 bits per heavy atom. The van der Waals surface area contributed by atoms with Crippen molar-refractivity contribution in [3.05, 3.63) is 52.6 Å². The van der Waals surface area contributed by atoms with Crippen LogP contribution in [0.25, 0.3) is 0 Å². The normalized spacial score (nSPS) is 26.7. The highest BCUT2D eigenvalue weighted by Gasteiger charge is 2.25. The van der Waals surface area contributed by atoms with Crippen molar-refractivity contribution in [3.8, 4) is 0 Å². The first-order valence-corrected chi connectivity index (χ1v) is 6.43. The van der Waals surface area contributed by atoms with Crippen molar-refractivity contribution < 1.29 is 0 Å². The molecule has 3 rings (SSSR count). The molecule has 0 amide bonds. The van der Waals surface area contributed by atoms with E-state index in [1.807, 2.05) is 6.07 Å². The van der Waals surface area contributed by atoms with Crippen molar-refractivity contribution in [2.75, 3.05) is 5.73 Å². The largest absolute Gasteiger partial charge is 0.399 e. The Hall–Kier alpha value is -1.50. The van der Waals surface area contributed by atoms with Gasteiger partial charge in [-0.2, -0.15) is 0 Å². The zero-order chi connectivity index (χ0) is 12.0. The molecule has 2 unspecified atom stereocenters. The van der Waals surface area contributed by atoms with Crippen molar-refractivity contribution in [3.63, 3.8) is 0 Å². The second kappa shape index (κ2) is 3.76. The third-order valence-electron chi connectivity index (χ3n) is 4.08. The maximum atomic E-state index is 5.89. The lowest BCUT2D eigenvalue weighted by atomic mass is 9.74. The summed E-state index contributed by atoms with van der Waals surface area (Å²) >= 11 is 0. The lowest BCUT2D eigenvalue weighted by Gasteiger charge is -2.31. The summed E-state index contributed by atoms with van der Waals surface area (Å²) in [5, 5.41) is 0. The zero-order valence-electron chi connectivity index (χ0n) is 10.5. The smallest absolute Gasteiger partial charge is 0.0317 e. The molecule has 1 aromatic rings. The van der Waals surface area contributed by atoms with E-state index in [2.05, 4.69) is 38.1 Å². The minimum absolute atomic E-state index is 0.526. The van der Waals surface area contributed by atoms with Gasteiger partial charge >= 0.3 is 0 Å². The number of nitrogen functional groups attached to an aromatic ring is 1. The van der Waals surface area contributed by atoms with E-state index in [9.17, 15) is 0 Å². The van der Waals surface area contributed by atoms with E-state index in [1.54, 1.807) is 11.1 Å². The lowest BCUT2D eigenvalue weighted by Crippen LogP contribution is -2.16. The number of anilines is 1. The first-order chi connectivity index (χ1) is 8.15. The van der Waals surface area contributed by atoms with Gasteiger partial charge in [0.15, 0.2) is 0 Å². The van der Waals surface area contributed by atoms with E-state index >= 15 is 0 Å². The Kier molecular flexibility index (Phi) is 2.36. The summed E-state index contributed by atoms with van der Waals surface area (Å²) in [5.41, 5.74) is 12.8. The van der Waals surface area contributed by atoms with Crippen LogP contribution in [0.1, 0.15) is 37.3 Å². The molecule has 0 radical (unpaired) electrons. The fourth-order valence-corrected chi connectivity index (χ4v) is 3.18. The molecule has 2 aliphatic rings. The van der Waals surface area contributed by atoms with Crippen molar-refractivity contribution in [2.45, 2.75) is 32.6 Å². The van der Waals surface area contributed by atoms with E-state index in [4.69, 9.17) is 5.73 Å². The Morgan fingerprint density at radius 2 is 2.06 bits per heavy atom. The predicted molar refractivity (Wildman–Crippen MR) is 72.9 cm³/mol. The molecule has 0 saturated heterocycles. The minimum atomic E-state index is 0.526. The molecule has 1 aromatic carbocycles. The van der Waals surface area contributed by atoms with Crippen LogP contribution in [-0.4, -0.2) is 0 Å². The molecule has 0 aromatic heterocycles.